The highest BCUT2D eigenvalue weighted by Crippen LogP contribution is 2.19. The van der Waals surface area contributed by atoms with Crippen molar-refractivity contribution in [3.05, 3.63) is 35.2 Å². The second-order valence-electron chi connectivity index (χ2n) is 6.31. The van der Waals surface area contributed by atoms with E-state index in [1.807, 2.05) is 26.2 Å². The summed E-state index contributed by atoms with van der Waals surface area (Å²) in [6.45, 7) is 11.4. The van der Waals surface area contributed by atoms with Crippen molar-refractivity contribution in [3.63, 3.8) is 0 Å². The van der Waals surface area contributed by atoms with E-state index in [0.717, 1.165) is 50.0 Å². The van der Waals surface area contributed by atoms with E-state index < -0.39 is 0 Å². The summed E-state index contributed by atoms with van der Waals surface area (Å²) >= 11 is 0. The van der Waals surface area contributed by atoms with Crippen LogP contribution in [0.15, 0.2) is 16.9 Å². The number of hydrogen-bond donors (Lipinski definition) is 0. The Balaban J connectivity index is 1.59. The predicted molar refractivity (Wildman–Crippen MR) is 84.3 cm³/mol. The molecule has 2 aromatic heterocycles. The maximum Gasteiger partial charge on any atom is 0.138 e. The van der Waals surface area contributed by atoms with Gasteiger partial charge in [0.1, 0.15) is 11.6 Å². The van der Waals surface area contributed by atoms with Gasteiger partial charge in [0.2, 0.25) is 0 Å². The number of imidazole rings is 1. The van der Waals surface area contributed by atoms with Crippen LogP contribution in [0, 0.1) is 13.8 Å². The van der Waals surface area contributed by atoms with Crippen LogP contribution in [0.4, 0.5) is 0 Å². The van der Waals surface area contributed by atoms with Crippen LogP contribution in [-0.4, -0.2) is 50.2 Å². The summed E-state index contributed by atoms with van der Waals surface area (Å²) < 4.78 is 7.37. The van der Waals surface area contributed by atoms with Crippen molar-refractivity contribution in [2.45, 2.75) is 39.9 Å². The summed E-state index contributed by atoms with van der Waals surface area (Å²) in [5, 5.41) is 4.05. The minimum atomic E-state index is 0.519. The number of hydrogen-bond acceptors (Lipinski definition) is 5. The lowest BCUT2D eigenvalue weighted by molar-refractivity contribution is 0.0704. The van der Waals surface area contributed by atoms with E-state index in [9.17, 15) is 0 Å². The van der Waals surface area contributed by atoms with Gasteiger partial charge >= 0.3 is 0 Å². The standard InChI is InChI=1S/C16H25N5O/c1-12-9-20(10-15-13(2)18-22-14(15)3)7-8-21(12)11-16-17-5-6-19(16)4/h5-6,12H,7-11H2,1-4H3/t12-/m1/s1. The molecule has 1 fully saturated rings. The van der Waals surface area contributed by atoms with Gasteiger partial charge in [-0.05, 0) is 20.8 Å². The molecule has 6 nitrogen and oxygen atoms in total. The van der Waals surface area contributed by atoms with Gasteiger partial charge in [-0.15, -0.1) is 0 Å². The molecule has 0 spiro atoms. The van der Waals surface area contributed by atoms with Gasteiger partial charge in [-0.1, -0.05) is 5.16 Å². The number of aryl methyl sites for hydroxylation is 3. The van der Waals surface area contributed by atoms with Crippen molar-refractivity contribution in [1.29, 1.82) is 0 Å². The third kappa shape index (κ3) is 3.08. The Morgan fingerprint density at radius 2 is 2.09 bits per heavy atom. The minimum absolute atomic E-state index is 0.519. The first-order valence-electron chi connectivity index (χ1n) is 7.89. The normalized spacial score (nSPS) is 20.6. The number of rotatable bonds is 4. The summed E-state index contributed by atoms with van der Waals surface area (Å²) in [7, 11) is 2.06. The lowest BCUT2D eigenvalue weighted by Crippen LogP contribution is -2.51. The van der Waals surface area contributed by atoms with Crippen LogP contribution in [0.3, 0.4) is 0 Å². The molecule has 6 heteroatoms. The molecule has 0 bridgehead atoms. The lowest BCUT2D eigenvalue weighted by Gasteiger charge is -2.39. The van der Waals surface area contributed by atoms with E-state index in [0.29, 0.717) is 6.04 Å². The Kier molecular flexibility index (Phi) is 4.31. The van der Waals surface area contributed by atoms with Crippen LogP contribution < -0.4 is 0 Å². The highest BCUT2D eigenvalue weighted by atomic mass is 16.5. The molecule has 0 amide bonds. The van der Waals surface area contributed by atoms with Crippen LogP contribution in [0.25, 0.3) is 0 Å². The second kappa shape index (κ2) is 6.22. The van der Waals surface area contributed by atoms with Gasteiger partial charge in [0.25, 0.3) is 0 Å². The highest BCUT2D eigenvalue weighted by molar-refractivity contribution is 5.20. The van der Waals surface area contributed by atoms with Crippen LogP contribution in [0.5, 0.6) is 0 Å². The molecule has 3 heterocycles. The molecule has 0 radical (unpaired) electrons. The molecule has 0 N–H and O–H groups in total. The van der Waals surface area contributed by atoms with E-state index in [1.54, 1.807) is 0 Å². The van der Waals surface area contributed by atoms with Crippen molar-refractivity contribution in [2.75, 3.05) is 19.6 Å². The number of nitrogens with zero attached hydrogens (tertiary/aromatic N) is 5. The Hall–Kier alpha value is -1.66. The van der Waals surface area contributed by atoms with Gasteiger partial charge in [0.05, 0.1) is 12.2 Å². The molecule has 0 aliphatic carbocycles. The molecule has 1 aliphatic heterocycles. The van der Waals surface area contributed by atoms with Crippen LogP contribution >= 0.6 is 0 Å². The zero-order valence-corrected chi connectivity index (χ0v) is 13.9. The van der Waals surface area contributed by atoms with Crippen molar-refractivity contribution in [1.82, 2.24) is 24.5 Å². The smallest absolute Gasteiger partial charge is 0.138 e. The van der Waals surface area contributed by atoms with E-state index in [-0.39, 0.29) is 0 Å². The number of piperazine rings is 1. The molecule has 1 atom stereocenters. The van der Waals surface area contributed by atoms with Crippen molar-refractivity contribution >= 4 is 0 Å². The summed E-state index contributed by atoms with van der Waals surface area (Å²) in [6.07, 6.45) is 3.88. The fourth-order valence-electron chi connectivity index (χ4n) is 3.13. The monoisotopic (exact) mass is 303 g/mol. The molecule has 120 valence electrons. The molecule has 0 saturated carbocycles. The van der Waals surface area contributed by atoms with E-state index >= 15 is 0 Å². The molecule has 1 saturated heterocycles. The molecule has 3 rings (SSSR count). The third-order valence-corrected chi connectivity index (χ3v) is 4.68. The van der Waals surface area contributed by atoms with E-state index in [2.05, 4.69) is 38.5 Å². The van der Waals surface area contributed by atoms with Gasteiger partial charge < -0.3 is 9.09 Å². The van der Waals surface area contributed by atoms with E-state index in [4.69, 9.17) is 4.52 Å². The van der Waals surface area contributed by atoms with Crippen molar-refractivity contribution in [3.8, 4) is 0 Å². The second-order valence-corrected chi connectivity index (χ2v) is 6.31. The first kappa shape index (κ1) is 15.2. The highest BCUT2D eigenvalue weighted by Gasteiger charge is 2.25. The van der Waals surface area contributed by atoms with Gasteiger partial charge in [0.15, 0.2) is 0 Å². The van der Waals surface area contributed by atoms with Gasteiger partial charge in [-0.2, -0.15) is 0 Å². The molecular weight excluding hydrogens is 278 g/mol. The number of aromatic nitrogens is 3. The molecule has 0 aromatic carbocycles. The molecular formula is C16H25N5O. The quantitative estimate of drug-likeness (QED) is 0.861. The summed E-state index contributed by atoms with van der Waals surface area (Å²) in [4.78, 5) is 9.43. The molecule has 1 aliphatic rings. The largest absolute Gasteiger partial charge is 0.361 e. The summed E-state index contributed by atoms with van der Waals surface area (Å²) in [5.41, 5.74) is 2.25. The zero-order chi connectivity index (χ0) is 15.7. The zero-order valence-electron chi connectivity index (χ0n) is 13.9. The first-order chi connectivity index (χ1) is 10.5. The molecule has 2 aromatic rings. The van der Waals surface area contributed by atoms with Gasteiger partial charge in [-0.25, -0.2) is 4.98 Å². The SMILES string of the molecule is Cc1noc(C)c1CN1CCN(Cc2nccn2C)[C@H](C)C1. The van der Waals surface area contributed by atoms with Crippen LogP contribution in [0.1, 0.15) is 29.8 Å². The van der Waals surface area contributed by atoms with Crippen LogP contribution in [-0.2, 0) is 20.1 Å². The van der Waals surface area contributed by atoms with Crippen molar-refractivity contribution < 1.29 is 4.52 Å². The van der Waals surface area contributed by atoms with E-state index in [1.165, 1.54) is 5.56 Å². The van der Waals surface area contributed by atoms with Crippen LogP contribution in [0.2, 0.25) is 0 Å². The Bertz CT molecular complexity index is 613. The summed E-state index contributed by atoms with van der Waals surface area (Å²) in [6, 6.07) is 0.519. The van der Waals surface area contributed by atoms with Gasteiger partial charge in [-0.3, -0.25) is 9.80 Å². The van der Waals surface area contributed by atoms with Gasteiger partial charge in [0, 0.05) is 57.2 Å². The third-order valence-electron chi connectivity index (χ3n) is 4.68. The molecule has 22 heavy (non-hydrogen) atoms. The maximum atomic E-state index is 5.27. The maximum absolute atomic E-state index is 5.27. The Labute approximate surface area is 131 Å². The topological polar surface area (TPSA) is 50.3 Å². The Morgan fingerprint density at radius 1 is 1.27 bits per heavy atom. The minimum Gasteiger partial charge on any atom is -0.361 e. The predicted octanol–water partition coefficient (Wildman–Crippen LogP) is 1.73. The average Bonchev–Trinajstić information content (AvgIpc) is 3.02. The fraction of sp³-hybridized carbons (Fsp3) is 0.625. The average molecular weight is 303 g/mol. The molecule has 0 unspecified atom stereocenters. The fourth-order valence-corrected chi connectivity index (χ4v) is 3.13. The van der Waals surface area contributed by atoms with Crippen molar-refractivity contribution in [2.24, 2.45) is 7.05 Å². The summed E-state index contributed by atoms with van der Waals surface area (Å²) in [5.74, 6) is 2.08. The lowest BCUT2D eigenvalue weighted by atomic mass is 10.1. The first-order valence-corrected chi connectivity index (χ1v) is 7.89. The Morgan fingerprint density at radius 3 is 2.68 bits per heavy atom.